The molecule has 0 aromatic carbocycles. The van der Waals surface area contributed by atoms with E-state index in [1.807, 2.05) is 6.20 Å². The van der Waals surface area contributed by atoms with E-state index in [1.165, 1.54) is 12.8 Å². The third-order valence-corrected chi connectivity index (χ3v) is 3.47. The highest BCUT2D eigenvalue weighted by Crippen LogP contribution is 2.16. The van der Waals surface area contributed by atoms with Crippen LogP contribution in [-0.4, -0.2) is 29.6 Å². The van der Waals surface area contributed by atoms with Crippen molar-refractivity contribution >= 4 is 28.4 Å². The Morgan fingerprint density at radius 3 is 3.00 bits per heavy atom. The molecule has 2 rings (SSSR count). The quantitative estimate of drug-likeness (QED) is 0.829. The van der Waals surface area contributed by atoms with Gasteiger partial charge in [-0.1, -0.05) is 0 Å². The van der Waals surface area contributed by atoms with E-state index in [2.05, 4.69) is 43.2 Å². The number of rotatable bonds is 3. The van der Waals surface area contributed by atoms with Crippen LogP contribution in [0.1, 0.15) is 12.8 Å². The number of piperidine rings is 1. The molecule has 1 aromatic heterocycles. The van der Waals surface area contributed by atoms with Crippen LogP contribution in [0.25, 0.3) is 0 Å². The molecule has 2 heterocycles. The number of anilines is 1. The van der Waals surface area contributed by atoms with Crippen molar-refractivity contribution in [3.05, 3.63) is 16.1 Å². The second-order valence-electron chi connectivity index (χ2n) is 3.79. The van der Waals surface area contributed by atoms with Gasteiger partial charge in [-0.05, 0) is 54.4 Å². The summed E-state index contributed by atoms with van der Waals surface area (Å²) >= 11 is 2.25. The Bertz CT molecular complexity index is 312. The molecule has 15 heavy (non-hydrogen) atoms. The maximum Gasteiger partial charge on any atom is 0.142 e. The summed E-state index contributed by atoms with van der Waals surface area (Å²) in [5, 5.41) is 6.77. The van der Waals surface area contributed by atoms with Crippen LogP contribution in [0.2, 0.25) is 0 Å². The van der Waals surface area contributed by atoms with Crippen LogP contribution >= 0.6 is 22.6 Å². The molecule has 0 spiro atoms. The molecule has 0 amide bonds. The molecule has 1 aliphatic heterocycles. The second kappa shape index (κ2) is 5.60. The zero-order chi connectivity index (χ0) is 10.5. The molecule has 1 saturated heterocycles. The fraction of sp³-hybridized carbons (Fsp3) is 0.600. The largest absolute Gasteiger partial charge is 0.369 e. The zero-order valence-corrected chi connectivity index (χ0v) is 10.7. The maximum absolute atomic E-state index is 4.22. The van der Waals surface area contributed by atoms with Gasteiger partial charge in [-0.25, -0.2) is 9.97 Å². The van der Waals surface area contributed by atoms with Gasteiger partial charge < -0.3 is 10.6 Å². The molecular formula is C10H15IN4. The Balaban J connectivity index is 1.84. The molecule has 0 unspecified atom stereocenters. The molecule has 1 aliphatic rings. The van der Waals surface area contributed by atoms with Crippen molar-refractivity contribution in [1.29, 1.82) is 0 Å². The predicted molar refractivity (Wildman–Crippen MR) is 68.8 cm³/mol. The third-order valence-electron chi connectivity index (χ3n) is 2.68. The summed E-state index contributed by atoms with van der Waals surface area (Å²) in [5.41, 5.74) is 0. The number of nitrogens with one attached hydrogen (secondary N) is 2. The van der Waals surface area contributed by atoms with E-state index in [1.54, 1.807) is 6.33 Å². The number of aromatic nitrogens is 2. The van der Waals surface area contributed by atoms with Crippen molar-refractivity contribution in [3.8, 4) is 0 Å². The SMILES string of the molecule is Ic1cncnc1NCC1CCNCC1. The van der Waals surface area contributed by atoms with Crippen LogP contribution in [0.3, 0.4) is 0 Å². The summed E-state index contributed by atoms with van der Waals surface area (Å²) in [6.45, 7) is 3.31. The van der Waals surface area contributed by atoms with Gasteiger partial charge >= 0.3 is 0 Å². The van der Waals surface area contributed by atoms with E-state index < -0.39 is 0 Å². The molecule has 4 nitrogen and oxygen atoms in total. The first-order valence-corrected chi connectivity index (χ1v) is 6.34. The summed E-state index contributed by atoms with van der Waals surface area (Å²) in [6, 6.07) is 0. The normalized spacial score (nSPS) is 17.7. The van der Waals surface area contributed by atoms with Crippen molar-refractivity contribution in [2.45, 2.75) is 12.8 Å². The number of hydrogen-bond acceptors (Lipinski definition) is 4. The van der Waals surface area contributed by atoms with Crippen LogP contribution in [0.15, 0.2) is 12.5 Å². The van der Waals surface area contributed by atoms with Gasteiger partial charge in [-0.2, -0.15) is 0 Å². The van der Waals surface area contributed by atoms with Crippen molar-refractivity contribution in [2.24, 2.45) is 5.92 Å². The Morgan fingerprint density at radius 2 is 2.27 bits per heavy atom. The molecule has 0 bridgehead atoms. The van der Waals surface area contributed by atoms with Gasteiger partial charge in [0.25, 0.3) is 0 Å². The van der Waals surface area contributed by atoms with Crippen molar-refractivity contribution in [1.82, 2.24) is 15.3 Å². The maximum atomic E-state index is 4.22. The van der Waals surface area contributed by atoms with Gasteiger partial charge in [-0.3, -0.25) is 0 Å². The lowest BCUT2D eigenvalue weighted by molar-refractivity contribution is 0.389. The molecule has 82 valence electrons. The minimum Gasteiger partial charge on any atom is -0.369 e. The molecule has 0 radical (unpaired) electrons. The highest BCUT2D eigenvalue weighted by Gasteiger charge is 2.13. The lowest BCUT2D eigenvalue weighted by Crippen LogP contribution is -2.31. The number of nitrogens with zero attached hydrogens (tertiary/aromatic N) is 2. The Hall–Kier alpha value is -0.430. The molecule has 0 aliphatic carbocycles. The summed E-state index contributed by atoms with van der Waals surface area (Å²) in [6.07, 6.45) is 5.94. The molecule has 1 fully saturated rings. The van der Waals surface area contributed by atoms with E-state index in [-0.39, 0.29) is 0 Å². The van der Waals surface area contributed by atoms with E-state index in [9.17, 15) is 0 Å². The average molecular weight is 318 g/mol. The second-order valence-corrected chi connectivity index (χ2v) is 4.96. The minimum absolute atomic E-state index is 0.775. The van der Waals surface area contributed by atoms with Crippen LogP contribution in [-0.2, 0) is 0 Å². The molecule has 0 saturated carbocycles. The van der Waals surface area contributed by atoms with Crippen LogP contribution in [0.4, 0.5) is 5.82 Å². The zero-order valence-electron chi connectivity index (χ0n) is 8.54. The summed E-state index contributed by atoms with van der Waals surface area (Å²) in [5.74, 6) is 1.74. The Morgan fingerprint density at radius 1 is 1.47 bits per heavy atom. The Labute approximate surface area is 103 Å². The van der Waals surface area contributed by atoms with E-state index in [0.29, 0.717) is 0 Å². The molecule has 5 heteroatoms. The highest BCUT2D eigenvalue weighted by molar-refractivity contribution is 14.1. The summed E-state index contributed by atoms with van der Waals surface area (Å²) < 4.78 is 1.09. The van der Waals surface area contributed by atoms with E-state index >= 15 is 0 Å². The average Bonchev–Trinajstić information content (AvgIpc) is 2.29. The van der Waals surface area contributed by atoms with Crippen LogP contribution in [0, 0.1) is 9.49 Å². The molecule has 2 N–H and O–H groups in total. The molecule has 0 atom stereocenters. The van der Waals surface area contributed by atoms with Gasteiger partial charge in [0.2, 0.25) is 0 Å². The van der Waals surface area contributed by atoms with Crippen LogP contribution < -0.4 is 10.6 Å². The van der Waals surface area contributed by atoms with Crippen molar-refractivity contribution in [3.63, 3.8) is 0 Å². The first-order valence-electron chi connectivity index (χ1n) is 5.26. The summed E-state index contributed by atoms with van der Waals surface area (Å²) in [7, 11) is 0. The lowest BCUT2D eigenvalue weighted by Gasteiger charge is -2.23. The number of halogens is 1. The van der Waals surface area contributed by atoms with Gasteiger partial charge in [0, 0.05) is 12.7 Å². The van der Waals surface area contributed by atoms with Gasteiger partial charge in [-0.15, -0.1) is 0 Å². The van der Waals surface area contributed by atoms with Gasteiger partial charge in [0.15, 0.2) is 0 Å². The van der Waals surface area contributed by atoms with Gasteiger partial charge in [0.05, 0.1) is 3.57 Å². The number of hydrogen-bond donors (Lipinski definition) is 2. The fourth-order valence-corrected chi connectivity index (χ4v) is 2.26. The topological polar surface area (TPSA) is 49.8 Å². The van der Waals surface area contributed by atoms with Crippen molar-refractivity contribution < 1.29 is 0 Å². The molecular weight excluding hydrogens is 303 g/mol. The lowest BCUT2D eigenvalue weighted by atomic mass is 9.98. The first-order chi connectivity index (χ1) is 7.36. The monoisotopic (exact) mass is 318 g/mol. The van der Waals surface area contributed by atoms with Gasteiger partial charge in [0.1, 0.15) is 12.1 Å². The van der Waals surface area contributed by atoms with E-state index in [0.717, 1.165) is 34.9 Å². The minimum atomic E-state index is 0.775. The highest BCUT2D eigenvalue weighted by atomic mass is 127. The molecule has 1 aromatic rings. The third kappa shape index (κ3) is 3.27. The van der Waals surface area contributed by atoms with Crippen molar-refractivity contribution in [2.75, 3.05) is 25.0 Å². The summed E-state index contributed by atoms with van der Waals surface area (Å²) in [4.78, 5) is 8.19. The van der Waals surface area contributed by atoms with Crippen LogP contribution in [0.5, 0.6) is 0 Å². The standard InChI is InChI=1S/C10H15IN4/c11-9-6-13-7-15-10(9)14-5-8-1-3-12-4-2-8/h6-8,12H,1-5H2,(H,13,14,15). The Kier molecular flexibility index (Phi) is 4.13. The predicted octanol–water partition coefficient (Wildman–Crippen LogP) is 1.49. The first kappa shape index (κ1) is 11.1. The van der Waals surface area contributed by atoms with E-state index in [4.69, 9.17) is 0 Å². The fourth-order valence-electron chi connectivity index (χ4n) is 1.77. The smallest absolute Gasteiger partial charge is 0.142 e.